The third-order valence-corrected chi connectivity index (χ3v) is 12.4. The first kappa shape index (κ1) is 29.1. The van der Waals surface area contributed by atoms with Crippen LogP contribution in [0.2, 0.25) is 0 Å². The van der Waals surface area contributed by atoms with Gasteiger partial charge in [0.25, 0.3) is 0 Å². The van der Waals surface area contributed by atoms with Crippen molar-refractivity contribution in [1.29, 1.82) is 0 Å². The summed E-state index contributed by atoms with van der Waals surface area (Å²) in [5.41, 5.74) is 0. The molecule has 3 fully saturated rings. The van der Waals surface area contributed by atoms with Crippen LogP contribution in [-0.2, 0) is 17.4 Å². The van der Waals surface area contributed by atoms with E-state index in [0.29, 0.717) is 6.10 Å². The average Bonchev–Trinajstić information content (AvgIpc) is 2.86. The second-order valence-corrected chi connectivity index (χ2v) is 14.8. The predicted octanol–water partition coefficient (Wildman–Crippen LogP) is 10.6. The van der Waals surface area contributed by atoms with Gasteiger partial charge in [-0.15, -0.1) is 0 Å². The number of hydrogen-bond donors (Lipinski definition) is 0. The Bertz CT molecular complexity index is 488. The molecule has 0 aromatic rings. The maximum atomic E-state index is 6.89. The molecule has 0 amide bonds. The zero-order chi connectivity index (χ0) is 23.7. The minimum Gasteiger partial charge on any atom is -0.725 e. The summed E-state index contributed by atoms with van der Waals surface area (Å²) >= 11 is 6.32. The standard InChI is InChI=1S/C31H58OS2/c33-31(32-28-22-16-10-4-1-5-11-17-23-28)34(29-24-18-12-6-2-7-13-19-25-29)30-26-20-14-8-3-9-15-21-27-30/h28-30,33H,1-27H2/p-1. The van der Waals surface area contributed by atoms with E-state index in [4.69, 9.17) is 17.4 Å². The van der Waals surface area contributed by atoms with E-state index in [0.717, 1.165) is 14.9 Å². The van der Waals surface area contributed by atoms with Crippen LogP contribution in [0.3, 0.4) is 0 Å². The van der Waals surface area contributed by atoms with E-state index in [2.05, 4.69) is 0 Å². The molecule has 0 atom stereocenters. The molecular weight excluding hydrogens is 452 g/mol. The fourth-order valence-electron chi connectivity index (χ4n) is 6.68. The van der Waals surface area contributed by atoms with Crippen LogP contribution in [-0.4, -0.2) is 21.0 Å². The van der Waals surface area contributed by atoms with Crippen LogP contribution in [0, 0.1) is 0 Å². The Balaban J connectivity index is 1.78. The van der Waals surface area contributed by atoms with Crippen molar-refractivity contribution in [1.82, 2.24) is 0 Å². The molecule has 0 heterocycles. The molecule has 0 aromatic carbocycles. The lowest BCUT2D eigenvalue weighted by atomic mass is 9.99. The molecule has 3 heteroatoms. The van der Waals surface area contributed by atoms with Crippen LogP contribution in [0.4, 0.5) is 0 Å². The van der Waals surface area contributed by atoms with Crippen molar-refractivity contribution in [3.8, 4) is 0 Å². The minimum absolute atomic E-state index is 0.183. The lowest BCUT2D eigenvalue weighted by Gasteiger charge is -2.37. The SMILES string of the molecule is [S-]C(OC1CCCCCCCCC1)=S(C1CCCCCCCCC1)C1CCCCCCCCC1. The van der Waals surface area contributed by atoms with Crippen molar-refractivity contribution >= 4 is 27.5 Å². The molecule has 0 bridgehead atoms. The maximum absolute atomic E-state index is 6.89. The van der Waals surface area contributed by atoms with Gasteiger partial charge >= 0.3 is 0 Å². The molecule has 200 valence electrons. The lowest BCUT2D eigenvalue weighted by Crippen LogP contribution is -2.24. The van der Waals surface area contributed by atoms with Gasteiger partial charge in [0.2, 0.25) is 0 Å². The summed E-state index contributed by atoms with van der Waals surface area (Å²) in [6.07, 6.45) is 38.5. The zero-order valence-electron chi connectivity index (χ0n) is 22.5. The third kappa shape index (κ3) is 11.7. The van der Waals surface area contributed by atoms with E-state index in [1.165, 1.54) is 173 Å². The van der Waals surface area contributed by atoms with Crippen LogP contribution < -0.4 is 0 Å². The summed E-state index contributed by atoms with van der Waals surface area (Å²) in [6, 6.07) is 0. The number of hydrogen-bond acceptors (Lipinski definition) is 2. The Labute approximate surface area is 221 Å². The first-order chi connectivity index (χ1) is 16.8. The number of ether oxygens (including phenoxy) is 1. The molecule has 34 heavy (non-hydrogen) atoms. The topological polar surface area (TPSA) is 9.23 Å². The van der Waals surface area contributed by atoms with Crippen LogP contribution in [0.5, 0.6) is 0 Å². The van der Waals surface area contributed by atoms with Crippen molar-refractivity contribution in [2.45, 2.75) is 190 Å². The highest BCUT2D eigenvalue weighted by Gasteiger charge is 2.24. The van der Waals surface area contributed by atoms with Gasteiger partial charge in [0, 0.05) is 10.5 Å². The molecule has 3 aliphatic carbocycles. The summed E-state index contributed by atoms with van der Waals surface area (Å²) in [4.78, 5) is 0. The van der Waals surface area contributed by atoms with Crippen LogP contribution in [0.15, 0.2) is 0 Å². The number of rotatable bonds is 3. The fraction of sp³-hybridized carbons (Fsp3) is 0.968. The largest absolute Gasteiger partial charge is 0.725 e. The quantitative estimate of drug-likeness (QED) is 0.276. The molecule has 0 spiro atoms. The summed E-state index contributed by atoms with van der Waals surface area (Å²) in [5.74, 6) is 0. The van der Waals surface area contributed by atoms with E-state index in [1.807, 2.05) is 0 Å². The van der Waals surface area contributed by atoms with E-state index in [1.54, 1.807) is 0 Å². The molecule has 0 aliphatic heterocycles. The Morgan fingerprint density at radius 1 is 0.412 bits per heavy atom. The minimum atomic E-state index is 0.183. The van der Waals surface area contributed by atoms with E-state index < -0.39 is 0 Å². The van der Waals surface area contributed by atoms with Crippen molar-refractivity contribution in [3.63, 3.8) is 0 Å². The molecule has 0 aromatic heterocycles. The van der Waals surface area contributed by atoms with Gasteiger partial charge in [0.05, 0.1) is 6.10 Å². The molecule has 3 saturated carbocycles. The Hall–Kier alpha value is 0.530. The van der Waals surface area contributed by atoms with E-state index >= 15 is 0 Å². The van der Waals surface area contributed by atoms with Gasteiger partial charge in [0.15, 0.2) is 0 Å². The highest BCUT2D eigenvalue weighted by atomic mass is 32.2. The van der Waals surface area contributed by atoms with Crippen LogP contribution in [0.25, 0.3) is 0 Å². The fourth-order valence-corrected chi connectivity index (χ4v) is 10.6. The van der Waals surface area contributed by atoms with Crippen molar-refractivity contribution in [3.05, 3.63) is 0 Å². The molecule has 0 saturated heterocycles. The molecule has 1 nitrogen and oxygen atoms in total. The van der Waals surface area contributed by atoms with E-state index in [9.17, 15) is 0 Å². The molecular formula is C31H57OS2-. The highest BCUT2D eigenvalue weighted by molar-refractivity contribution is 8.24. The Kier molecular flexibility index (Phi) is 16.0. The maximum Gasteiger partial charge on any atom is 0.0617 e. The van der Waals surface area contributed by atoms with Gasteiger partial charge in [-0.3, -0.25) is 0 Å². The van der Waals surface area contributed by atoms with Gasteiger partial charge < -0.3 is 17.4 Å². The van der Waals surface area contributed by atoms with Crippen LogP contribution in [0.1, 0.15) is 173 Å². The summed E-state index contributed by atoms with van der Waals surface area (Å²) in [7, 11) is 0.183. The Morgan fingerprint density at radius 3 is 1.00 bits per heavy atom. The van der Waals surface area contributed by atoms with E-state index in [-0.39, 0.29) is 10.5 Å². The van der Waals surface area contributed by atoms with Crippen molar-refractivity contribution in [2.24, 2.45) is 0 Å². The molecule has 0 radical (unpaired) electrons. The third-order valence-electron chi connectivity index (χ3n) is 8.83. The summed E-state index contributed by atoms with van der Waals surface area (Å²) < 4.78 is 7.98. The molecule has 0 unspecified atom stereocenters. The molecule has 3 rings (SSSR count). The average molecular weight is 510 g/mol. The first-order valence-corrected chi connectivity index (χ1v) is 17.5. The lowest BCUT2D eigenvalue weighted by molar-refractivity contribution is 0.168. The van der Waals surface area contributed by atoms with Gasteiger partial charge in [-0.2, -0.15) is 10.5 Å². The summed E-state index contributed by atoms with van der Waals surface area (Å²) in [6.45, 7) is 0. The molecule has 3 aliphatic rings. The first-order valence-electron chi connectivity index (χ1n) is 15.8. The summed E-state index contributed by atoms with van der Waals surface area (Å²) in [5, 5.41) is 1.61. The van der Waals surface area contributed by atoms with Crippen LogP contribution >= 0.6 is 10.5 Å². The Morgan fingerprint density at radius 2 is 0.676 bits per heavy atom. The monoisotopic (exact) mass is 509 g/mol. The van der Waals surface area contributed by atoms with Crippen molar-refractivity contribution in [2.75, 3.05) is 0 Å². The highest BCUT2D eigenvalue weighted by Crippen LogP contribution is 2.42. The zero-order valence-corrected chi connectivity index (χ0v) is 24.2. The second kappa shape index (κ2) is 18.7. The van der Waals surface area contributed by atoms with Gasteiger partial charge in [-0.05, 0) is 38.5 Å². The predicted molar refractivity (Wildman–Crippen MR) is 157 cm³/mol. The molecule has 0 N–H and O–H groups in total. The van der Waals surface area contributed by atoms with Crippen molar-refractivity contribution < 1.29 is 4.74 Å². The normalized spacial score (nSPS) is 25.6. The van der Waals surface area contributed by atoms with Gasteiger partial charge in [-0.25, -0.2) is 0 Å². The second-order valence-electron chi connectivity index (χ2n) is 11.8. The smallest absolute Gasteiger partial charge is 0.0617 e. The van der Waals surface area contributed by atoms with Gasteiger partial charge in [-0.1, -0.05) is 139 Å². The van der Waals surface area contributed by atoms with Gasteiger partial charge in [0.1, 0.15) is 0 Å².